The molecule has 0 radical (unpaired) electrons. The SMILES string of the molecule is CCCC(CCC)C(=O)Cc1ccc(CC)s1. The number of Topliss-reactive ketones (excluding diaryl/α,β-unsaturated/α-hetero) is 1. The van der Waals surface area contributed by atoms with Gasteiger partial charge in [-0.15, -0.1) is 11.3 Å². The maximum Gasteiger partial charge on any atom is 0.141 e. The smallest absolute Gasteiger partial charge is 0.141 e. The first-order chi connectivity index (χ1) is 8.21. The Morgan fingerprint density at radius 3 is 2.18 bits per heavy atom. The van der Waals surface area contributed by atoms with Crippen molar-refractivity contribution in [2.45, 2.75) is 59.3 Å². The molecule has 2 heteroatoms. The topological polar surface area (TPSA) is 17.1 Å². The molecule has 0 atom stereocenters. The van der Waals surface area contributed by atoms with Gasteiger partial charge in [0.1, 0.15) is 5.78 Å². The van der Waals surface area contributed by atoms with Crippen LogP contribution in [0, 0.1) is 5.92 Å². The van der Waals surface area contributed by atoms with E-state index in [0.29, 0.717) is 12.2 Å². The van der Waals surface area contributed by atoms with E-state index in [1.165, 1.54) is 9.75 Å². The van der Waals surface area contributed by atoms with Crippen LogP contribution in [-0.2, 0) is 17.6 Å². The summed E-state index contributed by atoms with van der Waals surface area (Å²) < 4.78 is 0. The molecule has 1 rings (SSSR count). The number of rotatable bonds is 8. The fraction of sp³-hybridized carbons (Fsp3) is 0.667. The van der Waals surface area contributed by atoms with Gasteiger partial charge in [0.05, 0.1) is 0 Å². The highest BCUT2D eigenvalue weighted by Crippen LogP contribution is 2.22. The summed E-state index contributed by atoms with van der Waals surface area (Å²) in [7, 11) is 0. The first-order valence-electron chi connectivity index (χ1n) is 6.81. The lowest BCUT2D eigenvalue weighted by atomic mass is 9.92. The Labute approximate surface area is 109 Å². The van der Waals surface area contributed by atoms with Crippen LogP contribution in [0.5, 0.6) is 0 Å². The maximum atomic E-state index is 12.2. The third-order valence-electron chi connectivity index (χ3n) is 3.14. The van der Waals surface area contributed by atoms with Gasteiger partial charge in [-0.25, -0.2) is 0 Å². The minimum Gasteiger partial charge on any atom is -0.299 e. The van der Waals surface area contributed by atoms with Crippen molar-refractivity contribution in [1.29, 1.82) is 0 Å². The number of aryl methyl sites for hydroxylation is 1. The molecule has 0 aliphatic heterocycles. The van der Waals surface area contributed by atoms with Crippen molar-refractivity contribution in [3.63, 3.8) is 0 Å². The fourth-order valence-corrected chi connectivity index (χ4v) is 3.15. The Hall–Kier alpha value is -0.630. The molecule has 1 nitrogen and oxygen atoms in total. The fourth-order valence-electron chi connectivity index (χ4n) is 2.19. The molecule has 0 aliphatic carbocycles. The molecule has 0 bridgehead atoms. The van der Waals surface area contributed by atoms with Gasteiger partial charge in [0.25, 0.3) is 0 Å². The largest absolute Gasteiger partial charge is 0.299 e. The van der Waals surface area contributed by atoms with Gasteiger partial charge in [-0.05, 0) is 31.4 Å². The van der Waals surface area contributed by atoms with Gasteiger partial charge in [0, 0.05) is 22.1 Å². The minimum absolute atomic E-state index is 0.289. The number of hydrogen-bond acceptors (Lipinski definition) is 2. The van der Waals surface area contributed by atoms with E-state index < -0.39 is 0 Å². The van der Waals surface area contributed by atoms with Crippen molar-refractivity contribution in [2.75, 3.05) is 0 Å². The van der Waals surface area contributed by atoms with Crippen LogP contribution in [0.25, 0.3) is 0 Å². The summed E-state index contributed by atoms with van der Waals surface area (Å²) in [6.45, 7) is 6.49. The molecule has 96 valence electrons. The second kappa shape index (κ2) is 7.65. The molecular formula is C15H24OS. The van der Waals surface area contributed by atoms with E-state index in [-0.39, 0.29) is 5.92 Å². The van der Waals surface area contributed by atoms with Gasteiger partial charge in [-0.2, -0.15) is 0 Å². The summed E-state index contributed by atoms with van der Waals surface area (Å²) in [5.74, 6) is 0.732. The molecule has 17 heavy (non-hydrogen) atoms. The minimum atomic E-state index is 0.289. The van der Waals surface area contributed by atoms with Crippen LogP contribution in [0.2, 0.25) is 0 Å². The Kier molecular flexibility index (Phi) is 6.49. The van der Waals surface area contributed by atoms with Gasteiger partial charge in [0.15, 0.2) is 0 Å². The molecular weight excluding hydrogens is 228 g/mol. The first-order valence-corrected chi connectivity index (χ1v) is 7.63. The van der Waals surface area contributed by atoms with Crippen molar-refractivity contribution >= 4 is 17.1 Å². The van der Waals surface area contributed by atoms with Crippen LogP contribution in [0.3, 0.4) is 0 Å². The highest BCUT2D eigenvalue weighted by Gasteiger charge is 2.17. The van der Waals surface area contributed by atoms with Gasteiger partial charge in [-0.3, -0.25) is 4.79 Å². The van der Waals surface area contributed by atoms with Gasteiger partial charge in [-0.1, -0.05) is 33.6 Å². The summed E-state index contributed by atoms with van der Waals surface area (Å²) in [6, 6.07) is 4.28. The van der Waals surface area contributed by atoms with E-state index in [4.69, 9.17) is 0 Å². The Morgan fingerprint density at radius 1 is 1.12 bits per heavy atom. The third-order valence-corrected chi connectivity index (χ3v) is 4.37. The van der Waals surface area contributed by atoms with E-state index in [9.17, 15) is 4.79 Å². The standard InChI is InChI=1S/C15H24OS/c1-4-7-12(8-5-2)15(16)11-14-10-9-13(6-3)17-14/h9-10,12H,4-8,11H2,1-3H3. The van der Waals surface area contributed by atoms with Crippen molar-refractivity contribution in [3.05, 3.63) is 21.9 Å². The Bertz CT molecular complexity index is 334. The molecule has 0 N–H and O–H groups in total. The third kappa shape index (κ3) is 4.63. The zero-order valence-electron chi connectivity index (χ0n) is 11.3. The van der Waals surface area contributed by atoms with E-state index in [0.717, 1.165) is 32.1 Å². The van der Waals surface area contributed by atoms with Crippen LogP contribution in [0.4, 0.5) is 0 Å². The predicted molar refractivity (Wildman–Crippen MR) is 75.7 cm³/mol. The monoisotopic (exact) mass is 252 g/mol. The molecule has 1 heterocycles. The first kappa shape index (κ1) is 14.4. The number of thiophene rings is 1. The van der Waals surface area contributed by atoms with Crippen LogP contribution in [0.1, 0.15) is 56.2 Å². The molecule has 0 unspecified atom stereocenters. The van der Waals surface area contributed by atoms with Crippen molar-refractivity contribution < 1.29 is 4.79 Å². The van der Waals surface area contributed by atoms with Crippen molar-refractivity contribution in [3.8, 4) is 0 Å². The van der Waals surface area contributed by atoms with Crippen molar-refractivity contribution in [1.82, 2.24) is 0 Å². The van der Waals surface area contributed by atoms with E-state index in [1.807, 2.05) is 0 Å². The molecule has 0 saturated carbocycles. The molecule has 1 aromatic heterocycles. The second-order valence-electron chi connectivity index (χ2n) is 4.64. The zero-order valence-corrected chi connectivity index (χ0v) is 12.1. The molecule has 0 aromatic carbocycles. The average molecular weight is 252 g/mol. The lowest BCUT2D eigenvalue weighted by Crippen LogP contribution is -2.16. The summed E-state index contributed by atoms with van der Waals surface area (Å²) in [4.78, 5) is 14.8. The number of carbonyl (C=O) groups is 1. The zero-order chi connectivity index (χ0) is 12.7. The van der Waals surface area contributed by atoms with Gasteiger partial charge < -0.3 is 0 Å². The highest BCUT2D eigenvalue weighted by atomic mass is 32.1. The highest BCUT2D eigenvalue weighted by molar-refractivity contribution is 7.12. The van der Waals surface area contributed by atoms with Gasteiger partial charge in [0.2, 0.25) is 0 Å². The van der Waals surface area contributed by atoms with Crippen LogP contribution in [-0.4, -0.2) is 5.78 Å². The Balaban J connectivity index is 2.56. The van der Waals surface area contributed by atoms with E-state index in [1.54, 1.807) is 11.3 Å². The van der Waals surface area contributed by atoms with E-state index in [2.05, 4.69) is 32.9 Å². The quantitative estimate of drug-likeness (QED) is 0.659. The average Bonchev–Trinajstić information content (AvgIpc) is 2.76. The number of hydrogen-bond donors (Lipinski definition) is 0. The molecule has 0 fully saturated rings. The molecule has 0 aliphatic rings. The van der Waals surface area contributed by atoms with Crippen LogP contribution in [0.15, 0.2) is 12.1 Å². The summed E-state index contributed by atoms with van der Waals surface area (Å²) in [6.07, 6.45) is 6.06. The molecule has 0 spiro atoms. The Morgan fingerprint density at radius 2 is 1.71 bits per heavy atom. The molecule has 0 saturated heterocycles. The lowest BCUT2D eigenvalue weighted by molar-refractivity contribution is -0.122. The van der Waals surface area contributed by atoms with Gasteiger partial charge >= 0.3 is 0 Å². The van der Waals surface area contributed by atoms with Crippen LogP contribution >= 0.6 is 11.3 Å². The van der Waals surface area contributed by atoms with Crippen LogP contribution < -0.4 is 0 Å². The van der Waals surface area contributed by atoms with Crippen molar-refractivity contribution in [2.24, 2.45) is 5.92 Å². The van der Waals surface area contributed by atoms with E-state index >= 15 is 0 Å². The molecule has 0 amide bonds. The second-order valence-corrected chi connectivity index (χ2v) is 5.89. The predicted octanol–water partition coefficient (Wildman–Crippen LogP) is 4.64. The summed E-state index contributed by atoms with van der Waals surface area (Å²) >= 11 is 1.79. The molecule has 1 aromatic rings. The summed E-state index contributed by atoms with van der Waals surface area (Å²) in [5, 5.41) is 0. The number of carbonyl (C=O) groups excluding carboxylic acids is 1. The lowest BCUT2D eigenvalue weighted by Gasteiger charge is -2.13. The normalized spacial score (nSPS) is 11.1. The summed E-state index contributed by atoms with van der Waals surface area (Å²) in [5.41, 5.74) is 0. The maximum absolute atomic E-state index is 12.2. The number of ketones is 1.